The van der Waals surface area contributed by atoms with Crippen LogP contribution in [0, 0.1) is 5.82 Å². The molecule has 0 fully saturated rings. The predicted octanol–water partition coefficient (Wildman–Crippen LogP) is 1.67. The Kier molecular flexibility index (Phi) is 3.91. The van der Waals surface area contributed by atoms with E-state index in [0.717, 1.165) is 16.8 Å². The maximum atomic E-state index is 12.9. The lowest BCUT2D eigenvalue weighted by Crippen LogP contribution is -2.32. The van der Waals surface area contributed by atoms with Crippen molar-refractivity contribution >= 4 is 17.8 Å². The van der Waals surface area contributed by atoms with Crippen LogP contribution in [0.5, 0.6) is 0 Å². The fourth-order valence-electron chi connectivity index (χ4n) is 1.63. The Hall–Kier alpha value is -2.21. The number of rotatable bonds is 3. The summed E-state index contributed by atoms with van der Waals surface area (Å²) in [5.41, 5.74) is -0.160. The minimum atomic E-state index is -1.16. The molecule has 2 aromatic rings. The molecule has 1 unspecified atom stereocenters. The van der Waals surface area contributed by atoms with Gasteiger partial charge in [0.25, 0.3) is 5.56 Å². The maximum Gasteiger partial charge on any atom is 0.353 e. The zero-order valence-corrected chi connectivity index (χ0v) is 10.2. The quantitative estimate of drug-likeness (QED) is 0.859. The summed E-state index contributed by atoms with van der Waals surface area (Å²) in [7, 11) is 0. The summed E-state index contributed by atoms with van der Waals surface area (Å²) in [6.07, 6.45) is 1.35. The van der Waals surface area contributed by atoms with Crippen LogP contribution in [0.25, 0.3) is 0 Å². The van der Waals surface area contributed by atoms with E-state index in [4.69, 9.17) is 11.9 Å². The minimum absolute atomic E-state index is 0.341. The van der Waals surface area contributed by atoms with Crippen molar-refractivity contribution in [1.82, 2.24) is 9.78 Å². The average Bonchev–Trinajstić information content (AvgIpc) is 2.43. The summed E-state index contributed by atoms with van der Waals surface area (Å²) in [5.74, 6) is -1.34. The lowest BCUT2D eigenvalue weighted by molar-refractivity contribution is -0.136. The van der Waals surface area contributed by atoms with Crippen molar-refractivity contribution in [1.29, 1.82) is 0 Å². The Morgan fingerprint density at radius 3 is 2.58 bits per heavy atom. The van der Waals surface area contributed by atoms with Crippen molar-refractivity contribution in [2.75, 3.05) is 0 Å². The third kappa shape index (κ3) is 2.79. The van der Waals surface area contributed by atoms with Gasteiger partial charge in [-0.15, -0.1) is 0 Å². The summed E-state index contributed by atoms with van der Waals surface area (Å²) in [5, 5.41) is 3.80. The standard InChI is InChI=1S/C12H8ClFN2O3/c13-19-12(18)11(8-3-5-9(14)6-4-8)16-10(17)2-1-7-15-16/h1-7,11H. The van der Waals surface area contributed by atoms with Gasteiger partial charge < -0.3 is 4.29 Å². The van der Waals surface area contributed by atoms with Crippen LogP contribution in [-0.2, 0) is 9.08 Å². The minimum Gasteiger partial charge on any atom is -0.345 e. The van der Waals surface area contributed by atoms with Gasteiger partial charge in [0, 0.05) is 12.3 Å². The first-order valence-electron chi connectivity index (χ1n) is 5.25. The molecule has 0 saturated heterocycles. The van der Waals surface area contributed by atoms with E-state index in [0.29, 0.717) is 5.56 Å². The Labute approximate surface area is 112 Å². The van der Waals surface area contributed by atoms with E-state index >= 15 is 0 Å². The summed E-state index contributed by atoms with van der Waals surface area (Å²) in [6, 6.07) is 6.56. The number of halogens is 2. The van der Waals surface area contributed by atoms with Crippen molar-refractivity contribution < 1.29 is 13.5 Å². The molecule has 5 nitrogen and oxygen atoms in total. The second kappa shape index (κ2) is 5.62. The molecule has 0 radical (unpaired) electrons. The molecule has 0 spiro atoms. The molecular weight excluding hydrogens is 275 g/mol. The van der Waals surface area contributed by atoms with E-state index in [9.17, 15) is 14.0 Å². The number of aromatic nitrogens is 2. The van der Waals surface area contributed by atoms with Crippen molar-refractivity contribution in [2.24, 2.45) is 0 Å². The first-order valence-corrected chi connectivity index (χ1v) is 5.56. The lowest BCUT2D eigenvalue weighted by atomic mass is 10.1. The second-order valence-corrected chi connectivity index (χ2v) is 3.81. The molecule has 0 bridgehead atoms. The first-order chi connectivity index (χ1) is 9.13. The largest absolute Gasteiger partial charge is 0.353 e. The molecule has 1 aromatic heterocycles. The summed E-state index contributed by atoms with van der Waals surface area (Å²) < 4.78 is 17.9. The van der Waals surface area contributed by atoms with Gasteiger partial charge in [0.2, 0.25) is 0 Å². The van der Waals surface area contributed by atoms with Crippen molar-refractivity contribution in [3.63, 3.8) is 0 Å². The van der Waals surface area contributed by atoms with Crippen LogP contribution in [0.15, 0.2) is 47.4 Å². The summed E-state index contributed by atoms with van der Waals surface area (Å²) in [4.78, 5) is 23.4. The SMILES string of the molecule is O=C(OCl)C(c1ccc(F)cc1)n1ncccc1=O. The van der Waals surface area contributed by atoms with Crippen LogP contribution in [0.2, 0.25) is 0 Å². The maximum absolute atomic E-state index is 12.9. The first kappa shape index (κ1) is 13.2. The topological polar surface area (TPSA) is 61.2 Å². The third-order valence-electron chi connectivity index (χ3n) is 2.47. The fraction of sp³-hybridized carbons (Fsp3) is 0.0833. The highest BCUT2D eigenvalue weighted by Crippen LogP contribution is 2.18. The number of hydrogen-bond donors (Lipinski definition) is 0. The van der Waals surface area contributed by atoms with Gasteiger partial charge in [-0.3, -0.25) is 4.79 Å². The number of hydrogen-bond acceptors (Lipinski definition) is 4. The van der Waals surface area contributed by atoms with E-state index < -0.39 is 23.4 Å². The van der Waals surface area contributed by atoms with Crippen LogP contribution in [0.4, 0.5) is 4.39 Å². The third-order valence-corrected chi connectivity index (χ3v) is 2.62. The highest BCUT2D eigenvalue weighted by molar-refractivity contribution is 6.13. The van der Waals surface area contributed by atoms with Gasteiger partial charge in [-0.2, -0.15) is 5.10 Å². The Balaban J connectivity index is 2.54. The summed E-state index contributed by atoms with van der Waals surface area (Å²) in [6.45, 7) is 0. The monoisotopic (exact) mass is 282 g/mol. The Morgan fingerprint density at radius 2 is 2.00 bits per heavy atom. The Bertz CT molecular complexity index is 642. The molecule has 0 aliphatic carbocycles. The lowest BCUT2D eigenvalue weighted by Gasteiger charge is -2.15. The van der Waals surface area contributed by atoms with Gasteiger partial charge in [0.15, 0.2) is 6.04 Å². The molecule has 98 valence electrons. The molecule has 0 N–H and O–H groups in total. The molecule has 19 heavy (non-hydrogen) atoms. The van der Waals surface area contributed by atoms with E-state index in [1.165, 1.54) is 30.5 Å². The van der Waals surface area contributed by atoms with Gasteiger partial charge in [-0.1, -0.05) is 12.1 Å². The van der Waals surface area contributed by atoms with Gasteiger partial charge in [-0.05, 0) is 23.8 Å². The highest BCUT2D eigenvalue weighted by Gasteiger charge is 2.26. The van der Waals surface area contributed by atoms with E-state index in [1.54, 1.807) is 0 Å². The van der Waals surface area contributed by atoms with Crippen LogP contribution in [0.1, 0.15) is 11.6 Å². The molecule has 0 saturated carbocycles. The van der Waals surface area contributed by atoms with Gasteiger partial charge in [-0.25, -0.2) is 13.9 Å². The highest BCUT2D eigenvalue weighted by atomic mass is 35.5. The van der Waals surface area contributed by atoms with Crippen LogP contribution < -0.4 is 5.56 Å². The number of nitrogens with zero attached hydrogens (tertiary/aromatic N) is 2. The molecule has 1 heterocycles. The molecule has 1 atom stereocenters. The van der Waals surface area contributed by atoms with Crippen LogP contribution in [0.3, 0.4) is 0 Å². The number of carbonyl (C=O) groups excluding carboxylic acids is 1. The number of benzene rings is 1. The van der Waals surface area contributed by atoms with Crippen molar-refractivity contribution in [3.8, 4) is 0 Å². The fourth-order valence-corrected chi connectivity index (χ4v) is 1.71. The van der Waals surface area contributed by atoms with Crippen molar-refractivity contribution in [2.45, 2.75) is 6.04 Å². The summed E-state index contributed by atoms with van der Waals surface area (Å²) >= 11 is 5.06. The molecule has 0 aliphatic heterocycles. The van der Waals surface area contributed by atoms with E-state index in [-0.39, 0.29) is 0 Å². The number of carbonyl (C=O) groups is 1. The second-order valence-electron chi connectivity index (χ2n) is 3.66. The Morgan fingerprint density at radius 1 is 1.32 bits per heavy atom. The smallest absolute Gasteiger partial charge is 0.345 e. The molecule has 2 rings (SSSR count). The molecule has 1 aromatic carbocycles. The zero-order chi connectivity index (χ0) is 13.8. The molecular formula is C12H8ClFN2O3. The average molecular weight is 283 g/mol. The molecule has 7 heteroatoms. The van der Waals surface area contributed by atoms with Gasteiger partial charge in [0.1, 0.15) is 17.7 Å². The van der Waals surface area contributed by atoms with Gasteiger partial charge >= 0.3 is 5.97 Å². The van der Waals surface area contributed by atoms with Crippen LogP contribution >= 0.6 is 11.9 Å². The normalized spacial score (nSPS) is 11.9. The van der Waals surface area contributed by atoms with Crippen LogP contribution in [-0.4, -0.2) is 15.7 Å². The molecule has 0 amide bonds. The van der Waals surface area contributed by atoms with Gasteiger partial charge in [0.05, 0.1) is 0 Å². The predicted molar refractivity (Wildman–Crippen MR) is 65.0 cm³/mol. The zero-order valence-electron chi connectivity index (χ0n) is 9.49. The van der Waals surface area contributed by atoms with Crippen molar-refractivity contribution in [3.05, 3.63) is 64.3 Å². The molecule has 0 aliphatic rings. The van der Waals surface area contributed by atoms with E-state index in [2.05, 4.69) is 9.39 Å². The van der Waals surface area contributed by atoms with E-state index in [1.807, 2.05) is 0 Å².